The van der Waals surface area contributed by atoms with Gasteiger partial charge in [-0.3, -0.25) is 0 Å². The summed E-state index contributed by atoms with van der Waals surface area (Å²) in [6, 6.07) is 6.86. The molecular weight excluding hydrogens is 166 g/mol. The van der Waals surface area contributed by atoms with Crippen molar-refractivity contribution in [3.8, 4) is 18.1 Å². The molecule has 0 unspecified atom stereocenters. The van der Waals surface area contributed by atoms with Crippen LogP contribution in [-0.4, -0.2) is 12.7 Å². The zero-order valence-electron chi connectivity index (χ0n) is 6.86. The molecule has 1 aromatic carbocycles. The van der Waals surface area contributed by atoms with Gasteiger partial charge < -0.3 is 4.74 Å². The number of rotatable bonds is 3. The SMILES string of the molecule is C#CCOc1ccccc1N=C=O. The maximum Gasteiger partial charge on any atom is 0.240 e. The van der Waals surface area contributed by atoms with Gasteiger partial charge >= 0.3 is 0 Å². The summed E-state index contributed by atoms with van der Waals surface area (Å²) in [6.45, 7) is 0.158. The second-order valence-corrected chi connectivity index (χ2v) is 2.16. The van der Waals surface area contributed by atoms with Crippen molar-refractivity contribution in [2.24, 2.45) is 4.99 Å². The van der Waals surface area contributed by atoms with Crippen LogP contribution in [0, 0.1) is 12.3 Å². The maximum atomic E-state index is 10.0. The highest BCUT2D eigenvalue weighted by atomic mass is 16.5. The Morgan fingerprint density at radius 3 is 2.92 bits per heavy atom. The zero-order valence-corrected chi connectivity index (χ0v) is 6.86. The van der Waals surface area contributed by atoms with E-state index in [4.69, 9.17) is 11.2 Å². The number of isocyanates is 1. The molecule has 13 heavy (non-hydrogen) atoms. The third-order valence-corrected chi connectivity index (χ3v) is 1.34. The van der Waals surface area contributed by atoms with Gasteiger partial charge in [0.25, 0.3) is 0 Å². The van der Waals surface area contributed by atoms with Crippen LogP contribution in [0.3, 0.4) is 0 Å². The molecule has 1 rings (SSSR count). The smallest absolute Gasteiger partial charge is 0.240 e. The van der Waals surface area contributed by atoms with E-state index >= 15 is 0 Å². The molecule has 0 saturated heterocycles. The number of nitrogens with zero attached hydrogens (tertiary/aromatic N) is 1. The molecule has 0 aromatic heterocycles. The molecule has 0 aliphatic carbocycles. The minimum absolute atomic E-state index is 0.158. The van der Waals surface area contributed by atoms with Gasteiger partial charge in [0.15, 0.2) is 0 Å². The monoisotopic (exact) mass is 173 g/mol. The summed E-state index contributed by atoms with van der Waals surface area (Å²) in [5, 5.41) is 0. The first kappa shape index (κ1) is 9.05. The van der Waals surface area contributed by atoms with Crippen molar-refractivity contribution in [1.82, 2.24) is 0 Å². The van der Waals surface area contributed by atoms with E-state index in [9.17, 15) is 4.79 Å². The minimum atomic E-state index is 0.158. The summed E-state index contributed by atoms with van der Waals surface area (Å²) in [7, 11) is 0. The van der Waals surface area contributed by atoms with Gasteiger partial charge in [0.2, 0.25) is 6.08 Å². The molecule has 0 atom stereocenters. The van der Waals surface area contributed by atoms with Crippen molar-refractivity contribution in [3.63, 3.8) is 0 Å². The van der Waals surface area contributed by atoms with Crippen molar-refractivity contribution >= 4 is 11.8 Å². The van der Waals surface area contributed by atoms with E-state index in [2.05, 4.69) is 10.9 Å². The molecule has 3 heteroatoms. The normalized spacial score (nSPS) is 8.23. The van der Waals surface area contributed by atoms with Gasteiger partial charge in [-0.1, -0.05) is 18.1 Å². The third kappa shape index (κ3) is 2.48. The van der Waals surface area contributed by atoms with E-state index in [1.54, 1.807) is 24.3 Å². The van der Waals surface area contributed by atoms with Gasteiger partial charge in [-0.2, -0.15) is 4.99 Å². The summed E-state index contributed by atoms with van der Waals surface area (Å²) >= 11 is 0. The fraction of sp³-hybridized carbons (Fsp3) is 0.100. The molecule has 0 heterocycles. The lowest BCUT2D eigenvalue weighted by Gasteiger charge is -2.03. The molecule has 0 radical (unpaired) electrons. The number of carbonyl (C=O) groups excluding carboxylic acids is 1. The fourth-order valence-electron chi connectivity index (χ4n) is 0.840. The van der Waals surface area contributed by atoms with Crippen LogP contribution in [0.4, 0.5) is 5.69 Å². The first-order valence-corrected chi connectivity index (χ1v) is 3.61. The average Bonchev–Trinajstić information content (AvgIpc) is 2.17. The fourth-order valence-corrected chi connectivity index (χ4v) is 0.840. The number of hydrogen-bond acceptors (Lipinski definition) is 3. The predicted molar refractivity (Wildman–Crippen MR) is 48.6 cm³/mol. The number of benzene rings is 1. The van der Waals surface area contributed by atoms with Crippen LogP contribution < -0.4 is 4.74 Å². The lowest BCUT2D eigenvalue weighted by Crippen LogP contribution is -1.92. The molecule has 0 amide bonds. The van der Waals surface area contributed by atoms with E-state index < -0.39 is 0 Å². The Morgan fingerprint density at radius 2 is 2.23 bits per heavy atom. The Hall–Kier alpha value is -2.04. The van der Waals surface area contributed by atoms with Crippen LogP contribution in [-0.2, 0) is 4.79 Å². The molecule has 0 N–H and O–H groups in total. The summed E-state index contributed by atoms with van der Waals surface area (Å²) in [4.78, 5) is 13.5. The van der Waals surface area contributed by atoms with E-state index in [-0.39, 0.29) is 6.61 Å². The van der Waals surface area contributed by atoms with Crippen molar-refractivity contribution < 1.29 is 9.53 Å². The average molecular weight is 173 g/mol. The van der Waals surface area contributed by atoms with Gasteiger partial charge in [0.05, 0.1) is 0 Å². The summed E-state index contributed by atoms with van der Waals surface area (Å²) in [5.41, 5.74) is 0.438. The van der Waals surface area contributed by atoms with E-state index in [1.165, 1.54) is 6.08 Å². The second kappa shape index (κ2) is 4.76. The van der Waals surface area contributed by atoms with Crippen LogP contribution >= 0.6 is 0 Å². The van der Waals surface area contributed by atoms with Crippen molar-refractivity contribution in [2.75, 3.05) is 6.61 Å². The van der Waals surface area contributed by atoms with Crippen molar-refractivity contribution in [1.29, 1.82) is 0 Å². The summed E-state index contributed by atoms with van der Waals surface area (Å²) in [5.74, 6) is 2.81. The van der Waals surface area contributed by atoms with Gasteiger partial charge in [0.1, 0.15) is 18.0 Å². The van der Waals surface area contributed by atoms with Gasteiger partial charge in [-0.15, -0.1) is 6.42 Å². The lowest BCUT2D eigenvalue weighted by molar-refractivity contribution is 0.371. The topological polar surface area (TPSA) is 38.7 Å². The summed E-state index contributed by atoms with van der Waals surface area (Å²) in [6.07, 6.45) is 6.46. The highest BCUT2D eigenvalue weighted by Crippen LogP contribution is 2.25. The van der Waals surface area contributed by atoms with Crippen LogP contribution in [0.1, 0.15) is 0 Å². The van der Waals surface area contributed by atoms with E-state index in [1.807, 2.05) is 0 Å². The van der Waals surface area contributed by atoms with Crippen LogP contribution in [0.15, 0.2) is 29.3 Å². The highest BCUT2D eigenvalue weighted by Gasteiger charge is 1.99. The first-order chi connectivity index (χ1) is 6.38. The van der Waals surface area contributed by atoms with Gasteiger partial charge in [0, 0.05) is 0 Å². The highest BCUT2D eigenvalue weighted by molar-refractivity contribution is 5.57. The molecule has 0 bridgehead atoms. The molecule has 0 aliphatic rings. The maximum absolute atomic E-state index is 10.0. The largest absolute Gasteiger partial charge is 0.479 e. The molecule has 64 valence electrons. The number of aliphatic imine (C=N–C) groups is 1. The van der Waals surface area contributed by atoms with Crippen molar-refractivity contribution in [2.45, 2.75) is 0 Å². The molecule has 0 aliphatic heterocycles. The first-order valence-electron chi connectivity index (χ1n) is 3.61. The zero-order chi connectivity index (χ0) is 9.52. The third-order valence-electron chi connectivity index (χ3n) is 1.34. The van der Waals surface area contributed by atoms with Crippen LogP contribution in [0.5, 0.6) is 5.75 Å². The Labute approximate surface area is 76.1 Å². The Bertz CT molecular complexity index is 373. The minimum Gasteiger partial charge on any atom is -0.479 e. The summed E-state index contributed by atoms with van der Waals surface area (Å²) < 4.78 is 5.13. The lowest BCUT2D eigenvalue weighted by atomic mass is 10.3. The molecular formula is C10H7NO2. The molecule has 0 saturated carbocycles. The predicted octanol–water partition coefficient (Wildman–Crippen LogP) is 1.67. The van der Waals surface area contributed by atoms with Gasteiger partial charge in [-0.05, 0) is 12.1 Å². The quantitative estimate of drug-likeness (QED) is 0.396. The van der Waals surface area contributed by atoms with Crippen LogP contribution in [0.2, 0.25) is 0 Å². The molecule has 3 nitrogen and oxygen atoms in total. The van der Waals surface area contributed by atoms with E-state index in [0.29, 0.717) is 11.4 Å². The molecule has 0 spiro atoms. The number of terminal acetylenes is 1. The molecule has 0 fully saturated rings. The van der Waals surface area contributed by atoms with E-state index in [0.717, 1.165) is 0 Å². The molecule has 1 aromatic rings. The second-order valence-electron chi connectivity index (χ2n) is 2.16. The standard InChI is InChI=1S/C10H7NO2/c1-2-7-13-10-6-4-3-5-9(10)11-8-12/h1,3-6H,7H2. The van der Waals surface area contributed by atoms with Crippen LogP contribution in [0.25, 0.3) is 0 Å². The van der Waals surface area contributed by atoms with Crippen molar-refractivity contribution in [3.05, 3.63) is 24.3 Å². The number of para-hydroxylation sites is 2. The number of hydrogen-bond donors (Lipinski definition) is 0. The Balaban J connectivity index is 2.92. The van der Waals surface area contributed by atoms with Gasteiger partial charge in [-0.25, -0.2) is 4.79 Å². The number of ether oxygens (including phenoxy) is 1. The Morgan fingerprint density at radius 1 is 1.46 bits per heavy atom. The Kier molecular flexibility index (Phi) is 3.31.